The standard InChI is InChI=1S/C24H30ClN9O2.C18H16ClN7O3.C11H11ClN6O.C8H9Cl2N3O2.C6H16N2.C6H5NO3.C5H9N3/c1-5-33(6-2)10-8-27-22(35)17-12-28-18(14(17)3)11-16-19-20(25)29-24(26)30-21(19)34(23(16)36)13-15-7-9-32(4)31-15;1-8-11(17(28)29)6-21-12(8)5-10-13-14(19)22-18(20)23-15(13)26(16(10)27)7-9-3-4-25(2)24-9;1-17-3-2-6(16-17)5-18-8(19)4-7-9(12)14-11(13)15-10(7)18;1-2-15-5(14)3-4-6(9)12-8(11)13-7(4)10;1-3-8(4-2)6-5-7;8-3-5-1-4(2-7-5)6(9)10;1-8-3-2-5(4-6)7-8/h7,9,11-12,28H,5-6,8,10,13H2,1-4H3,(H,27,35)(H2,26,29,30);3-6,21H,7H2,1-2H3,(H,28,29)(H2,20,22,23);2-3H,4-5H2,1H3,(H2,13,14,15);2-3H2,1H3,(H2,11,12,13);3-7H2,1-2H3;1-3,7H,(H,9,10);2-3H,4,6H2,1H3/b16-11-;10-5-;;;;;. The summed E-state index contributed by atoms with van der Waals surface area (Å²) in [5.41, 5.74) is 41.7. The Morgan fingerprint density at radius 3 is 1.34 bits per heavy atom. The van der Waals surface area contributed by atoms with Crippen molar-refractivity contribution in [1.29, 1.82) is 0 Å². The molecule has 125 heavy (non-hydrogen) atoms. The molecule has 0 atom stereocenters. The van der Waals surface area contributed by atoms with Crippen LogP contribution in [0.5, 0.6) is 0 Å². The maximum absolute atomic E-state index is 13.5. The third-order valence-electron chi connectivity index (χ3n) is 18.8. The second-order valence-electron chi connectivity index (χ2n) is 27.3. The maximum atomic E-state index is 13.5. The Morgan fingerprint density at radius 1 is 0.544 bits per heavy atom. The Kier molecular flexibility index (Phi) is 35.3. The smallest absolute Gasteiger partial charge is 0.337 e. The maximum Gasteiger partial charge on any atom is 0.337 e. The number of aromatic amines is 3. The summed E-state index contributed by atoms with van der Waals surface area (Å²) in [6, 6.07) is 8.63. The Bertz CT molecular complexity index is 5720. The molecule has 18 N–H and O–H groups in total. The molecule has 3 aliphatic rings. The first kappa shape index (κ1) is 97.4. The summed E-state index contributed by atoms with van der Waals surface area (Å²) in [5, 5.41) is 38.0. The van der Waals surface area contributed by atoms with Crippen LogP contribution < -0.4 is 54.4 Å². The first-order chi connectivity index (χ1) is 59.5. The number of rotatable bonds is 25. The minimum absolute atomic E-state index is 0.0291. The number of nitrogens with zero attached hydrogens (tertiary/aromatic N) is 21. The monoisotopic (exact) mass is 1820 g/mol. The van der Waals surface area contributed by atoms with Gasteiger partial charge in [-0.3, -0.25) is 62.2 Å². The van der Waals surface area contributed by atoms with E-state index in [9.17, 15) is 43.5 Å². The number of esters is 1. The highest BCUT2D eigenvalue weighted by Crippen LogP contribution is 2.44. The van der Waals surface area contributed by atoms with Gasteiger partial charge in [0, 0.05) is 127 Å². The number of fused-ring (bicyclic) bond motifs is 3. The number of anilines is 7. The fraction of sp³-hybridized carbons (Fsp3) is 0.333. The van der Waals surface area contributed by atoms with E-state index in [-0.39, 0.29) is 127 Å². The molecule has 0 spiro atoms. The van der Waals surface area contributed by atoms with Gasteiger partial charge in [-0.1, -0.05) is 85.7 Å². The lowest BCUT2D eigenvalue weighted by atomic mass is 10.1. The number of aldehydes is 1. The molecule has 0 radical (unpaired) electrons. The molecule has 47 heteroatoms. The van der Waals surface area contributed by atoms with Gasteiger partial charge in [0.25, 0.3) is 17.7 Å². The molecule has 0 unspecified atom stereocenters. The number of carboxylic acid groups (broad SMARTS) is 2. The molecular formula is C78H96Cl5N31O11. The van der Waals surface area contributed by atoms with Gasteiger partial charge in [0.1, 0.15) is 31.6 Å². The Hall–Kier alpha value is -13.1. The lowest BCUT2D eigenvalue weighted by molar-refractivity contribution is -0.142. The second-order valence-corrected chi connectivity index (χ2v) is 29.1. The Labute approximate surface area is 741 Å². The quantitative estimate of drug-likeness (QED) is 0.0121. The number of halogens is 5. The predicted octanol–water partition coefficient (Wildman–Crippen LogP) is 6.81. The van der Waals surface area contributed by atoms with Gasteiger partial charge >= 0.3 is 17.9 Å². The van der Waals surface area contributed by atoms with E-state index in [0.29, 0.717) is 111 Å². The van der Waals surface area contributed by atoms with Crippen LogP contribution in [0.2, 0.25) is 25.8 Å². The van der Waals surface area contributed by atoms with E-state index < -0.39 is 17.9 Å². The number of nitrogens with two attached hydrogens (primary N) is 6. The number of aromatic carboxylic acids is 2. The number of aryl methyl sites for hydroxylation is 4. The van der Waals surface area contributed by atoms with Crippen LogP contribution >= 0.6 is 58.0 Å². The van der Waals surface area contributed by atoms with Gasteiger partial charge in [0.05, 0.1) is 107 Å². The van der Waals surface area contributed by atoms with Crippen molar-refractivity contribution in [1.82, 2.24) is 109 Å². The number of amides is 4. The minimum atomic E-state index is -1.06. The third kappa shape index (κ3) is 25.8. The lowest BCUT2D eigenvalue weighted by Gasteiger charge is -2.17. The molecule has 0 bridgehead atoms. The van der Waals surface area contributed by atoms with Gasteiger partial charge < -0.3 is 79.4 Å². The Morgan fingerprint density at radius 2 is 0.960 bits per heavy atom. The van der Waals surface area contributed by atoms with Crippen molar-refractivity contribution < 1.29 is 53.3 Å². The summed E-state index contributed by atoms with van der Waals surface area (Å²) >= 11 is 30.2. The highest BCUT2D eigenvalue weighted by Gasteiger charge is 2.40. The zero-order valence-electron chi connectivity index (χ0n) is 70.1. The highest BCUT2D eigenvalue weighted by atomic mass is 35.5. The summed E-state index contributed by atoms with van der Waals surface area (Å²) in [4.78, 5) is 144. The topological polar surface area (TPSA) is 592 Å². The first-order valence-electron chi connectivity index (χ1n) is 38.5. The van der Waals surface area contributed by atoms with Gasteiger partial charge in [0.15, 0.2) is 17.9 Å². The van der Waals surface area contributed by atoms with Crippen molar-refractivity contribution in [3.8, 4) is 0 Å². The number of likely N-dealkylation sites (N-methyl/N-ethyl adjacent to an activating group) is 2. The second kappa shape index (κ2) is 45.4. The van der Waals surface area contributed by atoms with Crippen LogP contribution in [0.15, 0.2) is 73.7 Å². The van der Waals surface area contributed by atoms with Crippen LogP contribution in [-0.4, -0.2) is 221 Å². The number of carboxylic acids is 2. The van der Waals surface area contributed by atoms with Crippen molar-refractivity contribution in [3.05, 3.63) is 189 Å². The summed E-state index contributed by atoms with van der Waals surface area (Å²) in [5.74, 6) is -2.43. The summed E-state index contributed by atoms with van der Waals surface area (Å²) in [6.07, 6.45) is 15.5. The number of ether oxygens (including phenoxy) is 1. The average molecular weight is 1820 g/mol. The van der Waals surface area contributed by atoms with E-state index in [4.69, 9.17) is 102 Å². The number of hydrogen-bond donors (Lipinski definition) is 12. The van der Waals surface area contributed by atoms with Gasteiger partial charge in [-0.05, 0) is 101 Å². The van der Waals surface area contributed by atoms with E-state index in [2.05, 4.69) is 118 Å². The van der Waals surface area contributed by atoms with E-state index >= 15 is 0 Å². The summed E-state index contributed by atoms with van der Waals surface area (Å²) in [7, 11) is 7.27. The normalized spacial score (nSPS) is 12.9. The van der Waals surface area contributed by atoms with Crippen LogP contribution in [0.4, 0.5) is 41.2 Å². The van der Waals surface area contributed by atoms with Gasteiger partial charge in [-0.25, -0.2) is 34.5 Å². The lowest BCUT2D eigenvalue weighted by Crippen LogP contribution is -2.34. The van der Waals surface area contributed by atoms with Crippen LogP contribution in [0, 0.1) is 13.8 Å². The number of carbonyl (C=O) groups excluding carboxylic acids is 6. The molecule has 42 nitrogen and oxygen atoms in total. The molecule has 0 saturated carbocycles. The van der Waals surface area contributed by atoms with Crippen molar-refractivity contribution in [2.24, 2.45) is 39.7 Å². The zero-order chi connectivity index (χ0) is 91.8. The summed E-state index contributed by atoms with van der Waals surface area (Å²) < 4.78 is 11.4. The SMILES string of the molecule is CCN(CC)CCN.CCN(CC)CCNC(=O)c1c[nH]c(/C=C2\C(=O)N(Cc3ccn(C)n3)c3nc(N)nc(Cl)c32)c1C.CCOC(=O)Cc1c(Cl)nc(N)nc1Cl.Cc1c(C(=O)O)c[nH]c1/C=C1\C(=O)N(Cc2ccn(C)n2)c2nc(N)nc(Cl)c21.Cn1ccc(CN)n1.Cn1ccc(CN2C(=O)Cc3c(Cl)nc(N)nc32)n1.O=Cc1cc(C(=O)O)c[nH]1. The molecule has 0 fully saturated rings. The van der Waals surface area contributed by atoms with Crippen LogP contribution in [0.25, 0.3) is 23.3 Å². The van der Waals surface area contributed by atoms with Crippen molar-refractivity contribution >= 4 is 170 Å². The number of nitrogen functional groups attached to an aromatic ring is 4. The minimum Gasteiger partial charge on any atom is -0.478 e. The fourth-order valence-electron chi connectivity index (χ4n) is 12.4. The van der Waals surface area contributed by atoms with Gasteiger partial charge in [-0.15, -0.1) is 0 Å². The molecule has 4 amide bonds. The molecule has 664 valence electrons. The van der Waals surface area contributed by atoms with Crippen LogP contribution in [0.3, 0.4) is 0 Å². The number of aromatic nitrogens is 19. The van der Waals surface area contributed by atoms with Crippen molar-refractivity contribution in [2.45, 2.75) is 87.5 Å². The molecular weight excluding hydrogens is 1720 g/mol. The number of nitrogens with one attached hydrogen (secondary N) is 4. The van der Waals surface area contributed by atoms with Crippen LogP contribution in [-0.2, 0) is 91.1 Å². The zero-order valence-corrected chi connectivity index (χ0v) is 73.9. The number of H-pyrrole nitrogens is 3. The molecule has 0 aliphatic carbocycles. The molecule has 11 aromatic rings. The molecule has 0 saturated heterocycles. The van der Waals surface area contributed by atoms with E-state index in [1.54, 1.807) is 83.5 Å². The summed E-state index contributed by atoms with van der Waals surface area (Å²) in [6.45, 7) is 22.4. The predicted molar refractivity (Wildman–Crippen MR) is 473 cm³/mol. The first-order valence-corrected chi connectivity index (χ1v) is 40.4. The van der Waals surface area contributed by atoms with E-state index in [0.717, 1.165) is 57.2 Å². The van der Waals surface area contributed by atoms with Gasteiger partial charge in [0.2, 0.25) is 29.7 Å². The fourth-order valence-corrected chi connectivity index (χ4v) is 13.7. The molecule has 14 heterocycles. The van der Waals surface area contributed by atoms with Crippen LogP contribution in [0.1, 0.15) is 144 Å². The van der Waals surface area contributed by atoms with Crippen molar-refractivity contribution in [3.63, 3.8) is 0 Å². The average Bonchev–Trinajstić information content (AvgIpc) is 1.60. The molecule has 0 aromatic carbocycles. The molecule has 3 aliphatic heterocycles. The molecule has 14 rings (SSSR count). The number of carbonyl (C=O) groups is 8. The largest absolute Gasteiger partial charge is 0.478 e. The Balaban J connectivity index is 0.000000194. The van der Waals surface area contributed by atoms with Gasteiger partial charge in [-0.2, -0.15) is 35.3 Å². The van der Waals surface area contributed by atoms with E-state index in [1.165, 1.54) is 33.2 Å². The number of hydrogen-bond acceptors (Lipinski definition) is 29. The van der Waals surface area contributed by atoms with E-state index in [1.807, 2.05) is 51.6 Å². The van der Waals surface area contributed by atoms with Crippen molar-refractivity contribution in [2.75, 3.05) is 96.6 Å². The highest BCUT2D eigenvalue weighted by molar-refractivity contribution is 6.42. The third-order valence-corrected chi connectivity index (χ3v) is 20.3. The molecule has 11 aromatic heterocycles.